The topological polar surface area (TPSA) is 54.2 Å². The average Bonchev–Trinajstić information content (AvgIpc) is 2.35. The molecule has 2 aliphatic heterocycles. The Morgan fingerprint density at radius 3 is 2.58 bits per heavy atom. The number of pyridine rings is 1. The van der Waals surface area contributed by atoms with Gasteiger partial charge in [-0.2, -0.15) is 0 Å². The number of nitrogens with zero attached hydrogens (tertiary/aromatic N) is 2. The minimum Gasteiger partial charge on any atom is -0.397 e. The highest BCUT2D eigenvalue weighted by Crippen LogP contribution is 2.33. The van der Waals surface area contributed by atoms with E-state index in [4.69, 9.17) is 5.73 Å². The molecule has 3 rings (SSSR count). The van der Waals surface area contributed by atoms with Crippen LogP contribution in [0.5, 0.6) is 0 Å². The Hall–Kier alpha value is -1.29. The van der Waals surface area contributed by atoms with Crippen LogP contribution in [0.4, 0.5) is 11.5 Å². The van der Waals surface area contributed by atoms with Gasteiger partial charge in [0.05, 0.1) is 11.4 Å². The highest BCUT2D eigenvalue weighted by molar-refractivity contribution is 5.49. The first-order chi connectivity index (χ1) is 9.13. The summed E-state index contributed by atoms with van der Waals surface area (Å²) in [6.07, 6.45) is 6.56. The van der Waals surface area contributed by atoms with E-state index in [2.05, 4.69) is 22.2 Å². The van der Waals surface area contributed by atoms with E-state index in [9.17, 15) is 0 Å². The summed E-state index contributed by atoms with van der Waals surface area (Å²) in [4.78, 5) is 7.12. The van der Waals surface area contributed by atoms with Gasteiger partial charge in [-0.25, -0.2) is 4.98 Å². The third-order valence-corrected chi connectivity index (χ3v) is 4.82. The molecule has 1 aromatic rings. The molecule has 0 saturated carbocycles. The van der Waals surface area contributed by atoms with Gasteiger partial charge in [0.1, 0.15) is 5.82 Å². The molecule has 4 nitrogen and oxygen atoms in total. The second-order valence-corrected chi connectivity index (χ2v) is 6.09. The average molecular weight is 260 g/mol. The molecule has 0 aliphatic carbocycles. The molecule has 0 spiro atoms. The number of nitrogens with two attached hydrogens (primary N) is 1. The van der Waals surface area contributed by atoms with Crippen molar-refractivity contribution in [1.82, 2.24) is 9.88 Å². The van der Waals surface area contributed by atoms with Crippen molar-refractivity contribution < 1.29 is 0 Å². The highest BCUT2D eigenvalue weighted by Gasteiger charge is 2.35. The van der Waals surface area contributed by atoms with Crippen molar-refractivity contribution in [3.8, 4) is 0 Å². The lowest BCUT2D eigenvalue weighted by Crippen LogP contribution is -2.52. The number of anilines is 2. The molecule has 3 heterocycles. The van der Waals surface area contributed by atoms with E-state index in [-0.39, 0.29) is 0 Å². The molecule has 4 heteroatoms. The molecule has 2 unspecified atom stereocenters. The Kier molecular flexibility index (Phi) is 3.35. The first-order valence-corrected chi connectivity index (χ1v) is 7.35. The van der Waals surface area contributed by atoms with Gasteiger partial charge in [0.15, 0.2) is 0 Å². The van der Waals surface area contributed by atoms with Gasteiger partial charge in [-0.15, -0.1) is 0 Å². The summed E-state index contributed by atoms with van der Waals surface area (Å²) in [6, 6.07) is 6.00. The van der Waals surface area contributed by atoms with Crippen LogP contribution in [0.1, 0.15) is 37.8 Å². The van der Waals surface area contributed by atoms with Crippen LogP contribution in [0.2, 0.25) is 0 Å². The van der Waals surface area contributed by atoms with Crippen LogP contribution < -0.4 is 11.1 Å². The maximum atomic E-state index is 5.82. The fraction of sp³-hybridized carbons (Fsp3) is 0.667. The Morgan fingerprint density at radius 1 is 1.26 bits per heavy atom. The molecule has 2 atom stereocenters. The van der Waals surface area contributed by atoms with Crippen molar-refractivity contribution in [3.05, 3.63) is 17.8 Å². The number of hydrogen-bond acceptors (Lipinski definition) is 4. The Balaban J connectivity index is 1.69. The number of aryl methyl sites for hydroxylation is 1. The molecule has 0 amide bonds. The lowest BCUT2D eigenvalue weighted by Gasteiger charge is -2.47. The van der Waals surface area contributed by atoms with E-state index in [0.29, 0.717) is 6.04 Å². The number of nitrogens with one attached hydrogen (secondary N) is 1. The number of nitrogen functional groups attached to an aromatic ring is 1. The first kappa shape index (κ1) is 12.7. The largest absolute Gasteiger partial charge is 0.397 e. The molecule has 2 aliphatic rings. The van der Waals surface area contributed by atoms with Crippen molar-refractivity contribution in [2.45, 2.75) is 57.2 Å². The van der Waals surface area contributed by atoms with Crippen LogP contribution in [0, 0.1) is 6.92 Å². The van der Waals surface area contributed by atoms with Gasteiger partial charge in [0, 0.05) is 18.1 Å². The normalized spacial score (nSPS) is 31.2. The molecule has 0 aromatic carbocycles. The predicted molar refractivity (Wildman–Crippen MR) is 79.2 cm³/mol. The summed E-state index contributed by atoms with van der Waals surface area (Å²) in [6.45, 7) is 1.96. The predicted octanol–water partition coefficient (Wildman–Crippen LogP) is 2.40. The Bertz CT molecular complexity index is 445. The van der Waals surface area contributed by atoms with Crippen molar-refractivity contribution in [1.29, 1.82) is 0 Å². The summed E-state index contributed by atoms with van der Waals surface area (Å²) < 4.78 is 0. The van der Waals surface area contributed by atoms with E-state index in [1.165, 1.54) is 32.1 Å². The Morgan fingerprint density at radius 2 is 1.95 bits per heavy atom. The fourth-order valence-electron chi connectivity index (χ4n) is 3.60. The Labute approximate surface area is 115 Å². The van der Waals surface area contributed by atoms with Crippen LogP contribution in [-0.2, 0) is 0 Å². The van der Waals surface area contributed by atoms with E-state index >= 15 is 0 Å². The zero-order valence-corrected chi connectivity index (χ0v) is 11.9. The second-order valence-electron chi connectivity index (χ2n) is 6.09. The van der Waals surface area contributed by atoms with E-state index < -0.39 is 0 Å². The SMILES string of the molecule is Cc1nc(NC2CC3CCCC(C2)N3C)ccc1N. The van der Waals surface area contributed by atoms with Gasteiger partial charge in [-0.3, -0.25) is 0 Å². The quantitative estimate of drug-likeness (QED) is 0.857. The first-order valence-electron chi connectivity index (χ1n) is 7.35. The van der Waals surface area contributed by atoms with Gasteiger partial charge in [0.2, 0.25) is 0 Å². The maximum absolute atomic E-state index is 5.82. The molecule has 1 aromatic heterocycles. The molecule has 104 valence electrons. The number of fused-ring (bicyclic) bond motifs is 2. The third-order valence-electron chi connectivity index (χ3n) is 4.82. The summed E-state index contributed by atoms with van der Waals surface area (Å²) in [5, 5.41) is 3.60. The van der Waals surface area contributed by atoms with Crippen LogP contribution in [0.15, 0.2) is 12.1 Å². The number of rotatable bonds is 2. The lowest BCUT2D eigenvalue weighted by molar-refractivity contribution is 0.0608. The zero-order chi connectivity index (χ0) is 13.4. The smallest absolute Gasteiger partial charge is 0.126 e. The number of hydrogen-bond donors (Lipinski definition) is 2. The van der Waals surface area contributed by atoms with Crippen molar-refractivity contribution in [2.75, 3.05) is 18.1 Å². The van der Waals surface area contributed by atoms with Gasteiger partial charge in [-0.05, 0) is 51.8 Å². The number of piperidine rings is 2. The highest BCUT2D eigenvalue weighted by atomic mass is 15.2. The molecular formula is C15H24N4. The van der Waals surface area contributed by atoms with Gasteiger partial charge >= 0.3 is 0 Å². The summed E-state index contributed by atoms with van der Waals surface area (Å²) >= 11 is 0. The van der Waals surface area contributed by atoms with Crippen LogP contribution in [-0.4, -0.2) is 35.1 Å². The fourth-order valence-corrected chi connectivity index (χ4v) is 3.60. The van der Waals surface area contributed by atoms with E-state index in [1.54, 1.807) is 0 Å². The third kappa shape index (κ3) is 2.54. The molecule has 2 saturated heterocycles. The van der Waals surface area contributed by atoms with E-state index in [0.717, 1.165) is 29.3 Å². The molecular weight excluding hydrogens is 236 g/mol. The lowest BCUT2D eigenvalue weighted by atomic mass is 9.82. The summed E-state index contributed by atoms with van der Waals surface area (Å²) in [5.41, 5.74) is 7.50. The second kappa shape index (κ2) is 5.00. The van der Waals surface area contributed by atoms with Crippen LogP contribution in [0.25, 0.3) is 0 Å². The number of aromatic nitrogens is 1. The maximum Gasteiger partial charge on any atom is 0.126 e. The zero-order valence-electron chi connectivity index (χ0n) is 11.9. The summed E-state index contributed by atoms with van der Waals surface area (Å²) in [5.74, 6) is 0.972. The van der Waals surface area contributed by atoms with Gasteiger partial charge < -0.3 is 16.0 Å². The monoisotopic (exact) mass is 260 g/mol. The summed E-state index contributed by atoms with van der Waals surface area (Å²) in [7, 11) is 2.29. The molecule has 2 fully saturated rings. The minimum atomic E-state index is 0.557. The van der Waals surface area contributed by atoms with Crippen LogP contribution in [0.3, 0.4) is 0 Å². The van der Waals surface area contributed by atoms with Gasteiger partial charge in [0.25, 0.3) is 0 Å². The molecule has 0 radical (unpaired) electrons. The van der Waals surface area contributed by atoms with E-state index in [1.807, 2.05) is 19.1 Å². The molecule has 2 bridgehead atoms. The van der Waals surface area contributed by atoms with Crippen molar-refractivity contribution in [2.24, 2.45) is 0 Å². The molecule has 19 heavy (non-hydrogen) atoms. The van der Waals surface area contributed by atoms with Gasteiger partial charge in [-0.1, -0.05) is 6.42 Å². The van der Waals surface area contributed by atoms with Crippen LogP contribution >= 0.6 is 0 Å². The van der Waals surface area contributed by atoms with Crippen molar-refractivity contribution >= 4 is 11.5 Å². The standard InChI is InChI=1S/C15H24N4/c1-10-14(16)6-7-15(17-10)18-11-8-12-4-3-5-13(9-11)19(12)2/h6-7,11-13H,3-5,8-9,16H2,1-2H3,(H,17,18). The van der Waals surface area contributed by atoms with Crippen molar-refractivity contribution in [3.63, 3.8) is 0 Å². The minimum absolute atomic E-state index is 0.557. The molecule has 3 N–H and O–H groups in total.